The van der Waals surface area contributed by atoms with Gasteiger partial charge in [0.25, 0.3) is 0 Å². The zero-order valence-corrected chi connectivity index (χ0v) is 9.63. The number of nitrogens with zero attached hydrogens (tertiary/aromatic N) is 1. The summed E-state index contributed by atoms with van der Waals surface area (Å²) in [5, 5.41) is 2.39. The fourth-order valence-electron chi connectivity index (χ4n) is 2.38. The molecule has 0 bridgehead atoms. The fraction of sp³-hybridized carbons (Fsp3) is 0.636. The van der Waals surface area contributed by atoms with Gasteiger partial charge in [-0.1, -0.05) is 12.8 Å². The first-order valence-electron chi connectivity index (χ1n) is 5.85. The molecule has 1 saturated carbocycles. The van der Waals surface area contributed by atoms with E-state index < -0.39 is 23.9 Å². The van der Waals surface area contributed by atoms with E-state index in [9.17, 15) is 18.0 Å². The van der Waals surface area contributed by atoms with Gasteiger partial charge in [0.2, 0.25) is 11.9 Å². The Morgan fingerprint density at radius 3 is 2.72 bits per heavy atom. The average Bonchev–Trinajstić information content (AvgIpc) is 2.80. The Morgan fingerprint density at radius 1 is 1.39 bits per heavy atom. The predicted octanol–water partition coefficient (Wildman–Crippen LogP) is 2.72. The van der Waals surface area contributed by atoms with Crippen LogP contribution in [0.25, 0.3) is 0 Å². The van der Waals surface area contributed by atoms with E-state index in [1.54, 1.807) is 0 Å². The number of carbonyl (C=O) groups is 1. The van der Waals surface area contributed by atoms with E-state index in [0.29, 0.717) is 12.8 Å². The number of nitrogens with one attached hydrogen (secondary N) is 2. The third-order valence-electron chi connectivity index (χ3n) is 3.26. The molecule has 0 radical (unpaired) electrons. The number of alkyl halides is 3. The number of imidazole rings is 1. The SMILES string of the molecule is O=C(Nc1ncc[nH]1)C1CCCCC1C(F)(F)F. The Labute approximate surface area is 102 Å². The summed E-state index contributed by atoms with van der Waals surface area (Å²) in [5.41, 5.74) is 0. The smallest absolute Gasteiger partial charge is 0.331 e. The van der Waals surface area contributed by atoms with Gasteiger partial charge in [0.15, 0.2) is 0 Å². The van der Waals surface area contributed by atoms with Crippen molar-refractivity contribution in [1.29, 1.82) is 0 Å². The molecular formula is C11H14F3N3O. The van der Waals surface area contributed by atoms with Crippen LogP contribution in [-0.4, -0.2) is 22.1 Å². The number of hydrogen-bond donors (Lipinski definition) is 2. The minimum atomic E-state index is -4.31. The van der Waals surface area contributed by atoms with Gasteiger partial charge in [-0.25, -0.2) is 4.98 Å². The second-order valence-electron chi connectivity index (χ2n) is 4.47. The lowest BCUT2D eigenvalue weighted by molar-refractivity contribution is -0.197. The molecule has 4 nitrogen and oxygen atoms in total. The lowest BCUT2D eigenvalue weighted by Crippen LogP contribution is -2.39. The van der Waals surface area contributed by atoms with Gasteiger partial charge >= 0.3 is 6.18 Å². The first-order chi connectivity index (χ1) is 8.48. The second kappa shape index (κ2) is 4.99. The van der Waals surface area contributed by atoms with Crippen LogP contribution in [0.5, 0.6) is 0 Å². The normalized spacial score (nSPS) is 24.8. The summed E-state index contributed by atoms with van der Waals surface area (Å²) in [6, 6.07) is 0. The maximum Gasteiger partial charge on any atom is 0.392 e. The Morgan fingerprint density at radius 2 is 2.11 bits per heavy atom. The highest BCUT2D eigenvalue weighted by Gasteiger charge is 2.48. The van der Waals surface area contributed by atoms with Gasteiger partial charge < -0.3 is 4.98 Å². The van der Waals surface area contributed by atoms with Crippen LogP contribution in [0.15, 0.2) is 12.4 Å². The highest BCUT2D eigenvalue weighted by atomic mass is 19.4. The molecule has 0 aromatic carbocycles. The monoisotopic (exact) mass is 261 g/mol. The van der Waals surface area contributed by atoms with Crippen LogP contribution in [0.1, 0.15) is 25.7 Å². The summed E-state index contributed by atoms with van der Waals surface area (Å²) < 4.78 is 38.5. The number of halogens is 3. The molecule has 1 amide bonds. The highest BCUT2D eigenvalue weighted by molar-refractivity contribution is 5.91. The van der Waals surface area contributed by atoms with Crippen LogP contribution in [-0.2, 0) is 4.79 Å². The van der Waals surface area contributed by atoms with Crippen molar-refractivity contribution in [2.75, 3.05) is 5.32 Å². The summed E-state index contributed by atoms with van der Waals surface area (Å²) in [4.78, 5) is 18.3. The molecule has 1 aromatic heterocycles. The maximum absolute atomic E-state index is 12.8. The Balaban J connectivity index is 2.06. The minimum absolute atomic E-state index is 0.0275. The number of rotatable bonds is 2. The highest BCUT2D eigenvalue weighted by Crippen LogP contribution is 2.41. The van der Waals surface area contributed by atoms with E-state index in [0.717, 1.165) is 0 Å². The molecule has 100 valence electrons. The predicted molar refractivity (Wildman–Crippen MR) is 58.7 cm³/mol. The number of hydrogen-bond acceptors (Lipinski definition) is 2. The maximum atomic E-state index is 12.8. The number of carbonyl (C=O) groups excluding carboxylic acids is 1. The van der Waals surface area contributed by atoms with E-state index in [4.69, 9.17) is 0 Å². The minimum Gasteiger partial charge on any atom is -0.331 e. The van der Waals surface area contributed by atoms with Gasteiger partial charge in [0.1, 0.15) is 0 Å². The molecule has 2 unspecified atom stereocenters. The number of H-pyrrole nitrogens is 1. The molecule has 1 fully saturated rings. The fourth-order valence-corrected chi connectivity index (χ4v) is 2.38. The number of anilines is 1. The molecule has 1 aromatic rings. The van der Waals surface area contributed by atoms with Crippen LogP contribution < -0.4 is 5.32 Å². The van der Waals surface area contributed by atoms with Crippen molar-refractivity contribution in [3.8, 4) is 0 Å². The summed E-state index contributed by atoms with van der Waals surface area (Å²) in [6.07, 6.45) is 0.0923. The molecule has 0 saturated heterocycles. The molecule has 2 N–H and O–H groups in total. The molecule has 0 spiro atoms. The van der Waals surface area contributed by atoms with Gasteiger partial charge in [-0.3, -0.25) is 10.1 Å². The largest absolute Gasteiger partial charge is 0.392 e. The third-order valence-corrected chi connectivity index (χ3v) is 3.26. The van der Waals surface area contributed by atoms with Gasteiger partial charge in [-0.15, -0.1) is 0 Å². The van der Waals surface area contributed by atoms with Crippen LogP contribution in [0.4, 0.5) is 19.1 Å². The molecule has 1 heterocycles. The molecule has 7 heteroatoms. The topological polar surface area (TPSA) is 57.8 Å². The number of amides is 1. The van der Waals surface area contributed by atoms with Gasteiger partial charge in [0.05, 0.1) is 5.92 Å². The van der Waals surface area contributed by atoms with Crippen LogP contribution in [0.3, 0.4) is 0 Å². The van der Waals surface area contributed by atoms with Crippen molar-refractivity contribution >= 4 is 11.9 Å². The van der Waals surface area contributed by atoms with Crippen LogP contribution in [0.2, 0.25) is 0 Å². The molecule has 1 aliphatic rings. The lowest BCUT2D eigenvalue weighted by atomic mass is 9.78. The van der Waals surface area contributed by atoms with Crippen molar-refractivity contribution in [2.45, 2.75) is 31.9 Å². The van der Waals surface area contributed by atoms with Gasteiger partial charge in [0, 0.05) is 18.3 Å². The van der Waals surface area contributed by atoms with E-state index in [2.05, 4.69) is 15.3 Å². The molecule has 2 atom stereocenters. The lowest BCUT2D eigenvalue weighted by Gasteiger charge is -2.31. The van der Waals surface area contributed by atoms with E-state index in [-0.39, 0.29) is 18.8 Å². The van der Waals surface area contributed by atoms with Crippen LogP contribution >= 0.6 is 0 Å². The Bertz CT molecular complexity index is 402. The van der Waals surface area contributed by atoms with Crippen molar-refractivity contribution in [3.63, 3.8) is 0 Å². The summed E-state index contributed by atoms with van der Waals surface area (Å²) in [7, 11) is 0. The van der Waals surface area contributed by atoms with E-state index >= 15 is 0 Å². The van der Waals surface area contributed by atoms with E-state index in [1.807, 2.05) is 0 Å². The Kier molecular flexibility index (Phi) is 3.58. The standard InChI is InChI=1S/C11H14F3N3O/c12-11(13,14)8-4-2-1-3-7(8)9(18)17-10-15-5-6-16-10/h5-8H,1-4H2,(H2,15,16,17,18). The molecule has 2 rings (SSSR count). The molecule has 18 heavy (non-hydrogen) atoms. The summed E-state index contributed by atoms with van der Waals surface area (Å²) in [6.45, 7) is 0. The summed E-state index contributed by atoms with van der Waals surface area (Å²) >= 11 is 0. The summed E-state index contributed by atoms with van der Waals surface area (Å²) in [5.74, 6) is -2.97. The van der Waals surface area contributed by atoms with Gasteiger partial charge in [-0.05, 0) is 12.8 Å². The average molecular weight is 261 g/mol. The van der Waals surface area contributed by atoms with Gasteiger partial charge in [-0.2, -0.15) is 13.2 Å². The zero-order chi connectivity index (χ0) is 13.2. The third kappa shape index (κ3) is 2.83. The van der Waals surface area contributed by atoms with Crippen LogP contribution in [0, 0.1) is 11.8 Å². The first-order valence-corrected chi connectivity index (χ1v) is 5.85. The second-order valence-corrected chi connectivity index (χ2v) is 4.47. The number of aromatic amines is 1. The van der Waals surface area contributed by atoms with E-state index in [1.165, 1.54) is 12.4 Å². The van der Waals surface area contributed by atoms with Crippen molar-refractivity contribution in [2.24, 2.45) is 11.8 Å². The molecule has 0 aliphatic heterocycles. The molecule has 1 aliphatic carbocycles. The zero-order valence-electron chi connectivity index (χ0n) is 9.63. The number of aromatic nitrogens is 2. The quantitative estimate of drug-likeness (QED) is 0.860. The molecular weight excluding hydrogens is 247 g/mol. The Hall–Kier alpha value is -1.53. The van der Waals surface area contributed by atoms with Crippen molar-refractivity contribution < 1.29 is 18.0 Å². The first kappa shape index (κ1) is 12.9. The van der Waals surface area contributed by atoms with Crippen molar-refractivity contribution in [1.82, 2.24) is 9.97 Å². The van der Waals surface area contributed by atoms with Crippen molar-refractivity contribution in [3.05, 3.63) is 12.4 Å².